The Hall–Kier alpha value is -2.48. The third kappa shape index (κ3) is 3.75. The maximum absolute atomic E-state index is 11.9. The van der Waals surface area contributed by atoms with E-state index in [2.05, 4.69) is 14.7 Å². The molecule has 7 nitrogen and oxygen atoms in total. The van der Waals surface area contributed by atoms with E-state index >= 15 is 0 Å². The maximum Gasteiger partial charge on any atom is 0.335 e. The van der Waals surface area contributed by atoms with E-state index in [1.54, 1.807) is 6.07 Å². The fourth-order valence-corrected chi connectivity index (χ4v) is 2.61. The van der Waals surface area contributed by atoms with Crippen LogP contribution in [0.5, 0.6) is 0 Å². The van der Waals surface area contributed by atoms with Crippen molar-refractivity contribution in [3.63, 3.8) is 0 Å². The van der Waals surface area contributed by atoms with Gasteiger partial charge in [-0.1, -0.05) is 12.1 Å². The fourth-order valence-electron chi connectivity index (χ4n) is 1.54. The number of rotatable bonds is 5. The third-order valence-corrected chi connectivity index (χ3v) is 3.55. The minimum Gasteiger partial charge on any atom is -0.478 e. The van der Waals surface area contributed by atoms with Gasteiger partial charge in [-0.25, -0.2) is 23.2 Å². The van der Waals surface area contributed by atoms with Crippen molar-refractivity contribution in [3.05, 3.63) is 53.9 Å². The molecule has 0 aliphatic carbocycles. The zero-order valence-corrected chi connectivity index (χ0v) is 11.0. The lowest BCUT2D eigenvalue weighted by atomic mass is 10.1. The van der Waals surface area contributed by atoms with Crippen molar-refractivity contribution in [2.45, 2.75) is 5.75 Å². The molecule has 0 unspecified atom stereocenters. The molecular weight excluding hydrogens is 282 g/mol. The first kappa shape index (κ1) is 13.9. The van der Waals surface area contributed by atoms with Gasteiger partial charge in [0.1, 0.15) is 0 Å². The molecule has 20 heavy (non-hydrogen) atoms. The molecule has 0 amide bonds. The monoisotopic (exact) mass is 293 g/mol. The van der Waals surface area contributed by atoms with Crippen molar-refractivity contribution in [2.75, 3.05) is 4.72 Å². The molecule has 2 N–H and O–H groups in total. The first-order valence-corrected chi connectivity index (χ1v) is 7.21. The largest absolute Gasteiger partial charge is 0.478 e. The Balaban J connectivity index is 2.16. The maximum atomic E-state index is 11.9. The van der Waals surface area contributed by atoms with E-state index < -0.39 is 16.0 Å². The number of aromatic carboxylic acids is 1. The molecule has 8 heteroatoms. The Morgan fingerprint density at radius 3 is 2.55 bits per heavy atom. The third-order valence-electron chi connectivity index (χ3n) is 2.34. The van der Waals surface area contributed by atoms with Gasteiger partial charge in [0.15, 0.2) is 0 Å². The van der Waals surface area contributed by atoms with E-state index in [9.17, 15) is 13.2 Å². The SMILES string of the molecule is O=C(O)c1cccc(CS(=O)(=O)Nc2ncccn2)c1. The van der Waals surface area contributed by atoms with E-state index in [4.69, 9.17) is 5.11 Å². The molecule has 0 atom stereocenters. The van der Waals surface area contributed by atoms with Crippen LogP contribution >= 0.6 is 0 Å². The predicted molar refractivity (Wildman–Crippen MR) is 71.7 cm³/mol. The van der Waals surface area contributed by atoms with Gasteiger partial charge in [0, 0.05) is 12.4 Å². The number of carboxylic acid groups (broad SMARTS) is 1. The summed E-state index contributed by atoms with van der Waals surface area (Å²) in [6, 6.07) is 7.30. The molecule has 0 aliphatic heterocycles. The molecule has 0 saturated heterocycles. The van der Waals surface area contributed by atoms with Crippen LogP contribution in [0.2, 0.25) is 0 Å². The summed E-state index contributed by atoms with van der Waals surface area (Å²) in [5.74, 6) is -1.49. The molecular formula is C12H11N3O4S. The van der Waals surface area contributed by atoms with E-state index in [-0.39, 0.29) is 17.3 Å². The van der Waals surface area contributed by atoms with E-state index in [1.807, 2.05) is 0 Å². The van der Waals surface area contributed by atoms with Gasteiger partial charge in [-0.2, -0.15) is 0 Å². The topological polar surface area (TPSA) is 109 Å². The molecule has 0 fully saturated rings. The van der Waals surface area contributed by atoms with Crippen LogP contribution in [0.1, 0.15) is 15.9 Å². The number of carbonyl (C=O) groups is 1. The van der Waals surface area contributed by atoms with Gasteiger partial charge in [-0.3, -0.25) is 4.72 Å². The Labute approximate surface area is 115 Å². The molecule has 1 heterocycles. The number of sulfonamides is 1. The summed E-state index contributed by atoms with van der Waals surface area (Å²) in [4.78, 5) is 18.3. The zero-order chi connectivity index (χ0) is 14.6. The van der Waals surface area contributed by atoms with Crippen LogP contribution in [0, 0.1) is 0 Å². The van der Waals surface area contributed by atoms with Gasteiger partial charge >= 0.3 is 5.97 Å². The highest BCUT2D eigenvalue weighted by Gasteiger charge is 2.14. The quantitative estimate of drug-likeness (QED) is 0.854. The van der Waals surface area contributed by atoms with Gasteiger partial charge in [0.25, 0.3) is 0 Å². The van der Waals surface area contributed by atoms with Crippen molar-refractivity contribution in [1.82, 2.24) is 9.97 Å². The van der Waals surface area contributed by atoms with E-state index in [0.717, 1.165) is 0 Å². The van der Waals surface area contributed by atoms with Crippen LogP contribution in [0.15, 0.2) is 42.7 Å². The summed E-state index contributed by atoms with van der Waals surface area (Å²) >= 11 is 0. The second kappa shape index (κ2) is 5.66. The van der Waals surface area contributed by atoms with E-state index in [1.165, 1.54) is 36.7 Å². The van der Waals surface area contributed by atoms with Crippen molar-refractivity contribution in [2.24, 2.45) is 0 Å². The molecule has 0 bridgehead atoms. The van der Waals surface area contributed by atoms with Crippen molar-refractivity contribution >= 4 is 21.9 Å². The van der Waals surface area contributed by atoms with Gasteiger partial charge < -0.3 is 5.11 Å². The number of benzene rings is 1. The average Bonchev–Trinajstić information content (AvgIpc) is 2.39. The van der Waals surface area contributed by atoms with Crippen LogP contribution < -0.4 is 4.72 Å². The summed E-state index contributed by atoms with van der Waals surface area (Å²) < 4.78 is 26.0. The highest BCUT2D eigenvalue weighted by Crippen LogP contribution is 2.11. The first-order valence-electron chi connectivity index (χ1n) is 5.56. The summed E-state index contributed by atoms with van der Waals surface area (Å²) in [6.45, 7) is 0. The van der Waals surface area contributed by atoms with Gasteiger partial charge in [0.2, 0.25) is 16.0 Å². The Morgan fingerprint density at radius 2 is 1.90 bits per heavy atom. The lowest BCUT2D eigenvalue weighted by Gasteiger charge is -2.06. The van der Waals surface area contributed by atoms with Crippen LogP contribution in [0.25, 0.3) is 0 Å². The molecule has 1 aromatic heterocycles. The Morgan fingerprint density at radius 1 is 1.20 bits per heavy atom. The number of hydrogen-bond acceptors (Lipinski definition) is 5. The van der Waals surface area contributed by atoms with Gasteiger partial charge in [-0.05, 0) is 23.8 Å². The number of aromatic nitrogens is 2. The standard InChI is InChI=1S/C12H11N3O4S/c16-11(17)10-4-1-3-9(7-10)8-20(18,19)15-12-13-5-2-6-14-12/h1-7H,8H2,(H,16,17)(H,13,14,15). The molecule has 2 aromatic rings. The highest BCUT2D eigenvalue weighted by molar-refractivity contribution is 7.91. The molecule has 0 spiro atoms. The van der Waals surface area contributed by atoms with Crippen molar-refractivity contribution < 1.29 is 18.3 Å². The second-order valence-corrected chi connectivity index (χ2v) is 5.66. The molecule has 1 aromatic carbocycles. The summed E-state index contributed by atoms with van der Waals surface area (Å²) in [7, 11) is -3.70. The van der Waals surface area contributed by atoms with Crippen LogP contribution in [-0.2, 0) is 15.8 Å². The Kier molecular flexibility index (Phi) is 3.94. The number of carboxylic acids is 1. The minimum absolute atomic E-state index is 0.0260. The van der Waals surface area contributed by atoms with Gasteiger partial charge in [-0.15, -0.1) is 0 Å². The predicted octanol–water partition coefficient (Wildman–Crippen LogP) is 1.12. The number of nitrogens with zero attached hydrogens (tertiary/aromatic N) is 2. The number of anilines is 1. The lowest BCUT2D eigenvalue weighted by Crippen LogP contribution is -2.17. The normalized spacial score (nSPS) is 11.0. The van der Waals surface area contributed by atoms with Crippen LogP contribution in [0.3, 0.4) is 0 Å². The minimum atomic E-state index is -3.70. The second-order valence-electron chi connectivity index (χ2n) is 3.94. The summed E-state index contributed by atoms with van der Waals surface area (Å²) in [5.41, 5.74) is 0.405. The van der Waals surface area contributed by atoms with Crippen LogP contribution in [-0.4, -0.2) is 29.5 Å². The first-order chi connectivity index (χ1) is 9.46. The molecule has 104 valence electrons. The molecule has 0 aliphatic rings. The number of nitrogens with one attached hydrogen (secondary N) is 1. The fraction of sp³-hybridized carbons (Fsp3) is 0.0833. The smallest absolute Gasteiger partial charge is 0.335 e. The lowest BCUT2D eigenvalue weighted by molar-refractivity contribution is 0.0696. The van der Waals surface area contributed by atoms with Crippen molar-refractivity contribution in [3.8, 4) is 0 Å². The van der Waals surface area contributed by atoms with Gasteiger partial charge in [0.05, 0.1) is 11.3 Å². The number of hydrogen-bond donors (Lipinski definition) is 2. The average molecular weight is 293 g/mol. The van der Waals surface area contributed by atoms with Crippen LogP contribution in [0.4, 0.5) is 5.95 Å². The molecule has 0 radical (unpaired) electrons. The molecule has 0 saturated carbocycles. The van der Waals surface area contributed by atoms with E-state index in [0.29, 0.717) is 5.56 Å². The van der Waals surface area contributed by atoms with Crippen molar-refractivity contribution in [1.29, 1.82) is 0 Å². The summed E-state index contributed by atoms with van der Waals surface area (Å²) in [5, 5.41) is 8.86. The highest BCUT2D eigenvalue weighted by atomic mass is 32.2. The summed E-state index contributed by atoms with van der Waals surface area (Å²) in [6.07, 6.45) is 2.83. The Bertz CT molecular complexity index is 716. The zero-order valence-electron chi connectivity index (χ0n) is 10.2. The molecule has 2 rings (SSSR count).